The molecule has 4 rings (SSSR count). The van der Waals surface area contributed by atoms with Crippen LogP contribution in [0.15, 0.2) is 23.8 Å². The van der Waals surface area contributed by atoms with Gasteiger partial charge in [-0.3, -0.25) is 0 Å². The van der Waals surface area contributed by atoms with Gasteiger partial charge in [0.2, 0.25) is 6.29 Å². The van der Waals surface area contributed by atoms with Crippen LogP contribution in [0.2, 0.25) is 0 Å². The molecule has 3 saturated carbocycles. The Morgan fingerprint density at radius 1 is 1.00 bits per heavy atom. The van der Waals surface area contributed by atoms with Gasteiger partial charge in [0.05, 0.1) is 5.60 Å². The predicted octanol–water partition coefficient (Wildman–Crippen LogP) is 4.75. The van der Waals surface area contributed by atoms with Gasteiger partial charge >= 0.3 is 5.97 Å². The Balaban J connectivity index is 1.69. The zero-order valence-electron chi connectivity index (χ0n) is 18.7. The number of esters is 1. The maximum absolute atomic E-state index is 11.5. The van der Waals surface area contributed by atoms with Gasteiger partial charge in [0.1, 0.15) is 0 Å². The molecule has 0 saturated heterocycles. The molecule has 0 spiro atoms. The lowest BCUT2D eigenvalue weighted by molar-refractivity contribution is -0.198. The van der Waals surface area contributed by atoms with Crippen LogP contribution in [0, 0.1) is 34.0 Å². The van der Waals surface area contributed by atoms with E-state index in [4.69, 9.17) is 4.74 Å². The maximum Gasteiger partial charge on any atom is 0.333 e. The normalized spacial score (nSPS) is 49.3. The topological polar surface area (TPSA) is 66.8 Å². The summed E-state index contributed by atoms with van der Waals surface area (Å²) in [6.07, 6.45) is 12.1. The Morgan fingerprint density at radius 2 is 1.69 bits per heavy atom. The molecule has 4 aliphatic rings. The lowest BCUT2D eigenvalue weighted by atomic mass is 9.38. The number of cyclic esters (lactones) is 1. The molecular weight excluding hydrogens is 364 g/mol. The molecule has 0 radical (unpaired) electrons. The van der Waals surface area contributed by atoms with Gasteiger partial charge in [0.25, 0.3) is 0 Å². The zero-order valence-corrected chi connectivity index (χ0v) is 18.7. The average molecular weight is 403 g/mol. The Labute approximate surface area is 175 Å². The third-order valence-electron chi connectivity index (χ3n) is 9.44. The highest BCUT2D eigenvalue weighted by molar-refractivity contribution is 5.86. The number of ether oxygens (including phenoxy) is 1. The van der Waals surface area contributed by atoms with Crippen molar-refractivity contribution in [2.24, 2.45) is 34.0 Å². The van der Waals surface area contributed by atoms with Crippen molar-refractivity contribution in [3.8, 4) is 0 Å². The van der Waals surface area contributed by atoms with E-state index in [0.29, 0.717) is 22.3 Å². The van der Waals surface area contributed by atoms with Crippen molar-refractivity contribution >= 4 is 5.97 Å². The molecule has 3 aliphatic carbocycles. The number of rotatable bonds is 2. The van der Waals surface area contributed by atoms with E-state index in [0.717, 1.165) is 25.2 Å². The Kier molecular flexibility index (Phi) is 4.87. The molecule has 7 unspecified atom stereocenters. The van der Waals surface area contributed by atoms with Crippen LogP contribution < -0.4 is 0 Å². The summed E-state index contributed by atoms with van der Waals surface area (Å²) in [6.45, 7) is 11.8. The van der Waals surface area contributed by atoms with Gasteiger partial charge in [-0.05, 0) is 73.5 Å². The highest BCUT2D eigenvalue weighted by Gasteiger charge is 2.63. The van der Waals surface area contributed by atoms with Crippen molar-refractivity contribution in [1.29, 1.82) is 0 Å². The van der Waals surface area contributed by atoms with E-state index in [-0.39, 0.29) is 11.3 Å². The molecule has 2 N–H and O–H groups in total. The Hall–Kier alpha value is -1.13. The number of carbonyl (C=O) groups is 1. The number of carbonyl (C=O) groups excluding carboxylic acids is 1. The number of aliphatic hydroxyl groups is 2. The van der Waals surface area contributed by atoms with Gasteiger partial charge in [-0.1, -0.05) is 46.3 Å². The second-order valence-corrected chi connectivity index (χ2v) is 11.7. The first-order chi connectivity index (χ1) is 13.4. The maximum atomic E-state index is 11.5. The molecule has 1 aliphatic heterocycles. The molecule has 0 aromatic carbocycles. The van der Waals surface area contributed by atoms with Crippen LogP contribution in [-0.4, -0.2) is 28.1 Å². The third-order valence-corrected chi connectivity index (χ3v) is 9.44. The average Bonchev–Trinajstić information content (AvgIpc) is 2.90. The summed E-state index contributed by atoms with van der Waals surface area (Å²) in [4.78, 5) is 11.5. The molecule has 3 fully saturated rings. The SMILES string of the molecule is CC1(C)CCCC2(C)C1CCC1(C)C(C=CC3=CC(=O)OC3O)C(C)(O)CCC21. The van der Waals surface area contributed by atoms with Gasteiger partial charge in [0, 0.05) is 17.6 Å². The summed E-state index contributed by atoms with van der Waals surface area (Å²) in [6, 6.07) is 0. The fourth-order valence-corrected chi connectivity index (χ4v) is 8.20. The summed E-state index contributed by atoms with van der Waals surface area (Å²) in [5, 5.41) is 21.3. The van der Waals surface area contributed by atoms with Crippen LogP contribution in [0.25, 0.3) is 0 Å². The van der Waals surface area contributed by atoms with Gasteiger partial charge in [0.15, 0.2) is 0 Å². The Bertz CT molecular complexity index is 748. The molecule has 7 atom stereocenters. The second-order valence-electron chi connectivity index (χ2n) is 11.7. The third kappa shape index (κ3) is 3.22. The van der Waals surface area contributed by atoms with Crippen molar-refractivity contribution in [2.75, 3.05) is 0 Å². The van der Waals surface area contributed by atoms with E-state index in [9.17, 15) is 15.0 Å². The lowest BCUT2D eigenvalue weighted by Gasteiger charge is -2.67. The first-order valence-corrected chi connectivity index (χ1v) is 11.4. The number of hydrogen-bond donors (Lipinski definition) is 2. The summed E-state index contributed by atoms with van der Waals surface area (Å²) >= 11 is 0. The van der Waals surface area contributed by atoms with Gasteiger partial charge < -0.3 is 14.9 Å². The quantitative estimate of drug-likeness (QED) is 0.654. The van der Waals surface area contributed by atoms with Crippen molar-refractivity contribution in [1.82, 2.24) is 0 Å². The molecule has 162 valence electrons. The van der Waals surface area contributed by atoms with Crippen LogP contribution in [0.5, 0.6) is 0 Å². The first kappa shape index (κ1) is 21.1. The van der Waals surface area contributed by atoms with E-state index < -0.39 is 17.9 Å². The van der Waals surface area contributed by atoms with Crippen LogP contribution in [-0.2, 0) is 9.53 Å². The molecule has 0 aromatic rings. The largest absolute Gasteiger partial charge is 0.428 e. The van der Waals surface area contributed by atoms with Crippen molar-refractivity contribution in [3.05, 3.63) is 23.8 Å². The molecule has 29 heavy (non-hydrogen) atoms. The van der Waals surface area contributed by atoms with Crippen molar-refractivity contribution in [2.45, 2.75) is 91.5 Å². The summed E-state index contributed by atoms with van der Waals surface area (Å²) in [5.41, 5.74) is 0.393. The van der Waals surface area contributed by atoms with E-state index in [2.05, 4.69) is 33.8 Å². The molecule has 0 amide bonds. The smallest absolute Gasteiger partial charge is 0.333 e. The summed E-state index contributed by atoms with van der Waals surface area (Å²) in [5.74, 6) is 0.790. The van der Waals surface area contributed by atoms with Crippen LogP contribution in [0.1, 0.15) is 79.6 Å². The monoisotopic (exact) mass is 402 g/mol. The minimum atomic E-state index is -1.19. The number of aliphatic hydroxyl groups excluding tert-OH is 1. The van der Waals surface area contributed by atoms with E-state index in [1.54, 1.807) is 0 Å². The number of hydrogen-bond acceptors (Lipinski definition) is 4. The molecule has 4 heteroatoms. The zero-order chi connectivity index (χ0) is 21.2. The van der Waals surface area contributed by atoms with Gasteiger partial charge in [-0.15, -0.1) is 0 Å². The molecular formula is C25H38O4. The second kappa shape index (κ2) is 6.68. The minimum absolute atomic E-state index is 0.00586. The lowest BCUT2D eigenvalue weighted by Crippen LogP contribution is -2.62. The molecule has 1 heterocycles. The summed E-state index contributed by atoms with van der Waals surface area (Å²) < 4.78 is 4.82. The van der Waals surface area contributed by atoms with E-state index in [1.807, 2.05) is 13.0 Å². The predicted molar refractivity (Wildman–Crippen MR) is 113 cm³/mol. The molecule has 0 bridgehead atoms. The van der Waals surface area contributed by atoms with Crippen LogP contribution >= 0.6 is 0 Å². The van der Waals surface area contributed by atoms with Crippen molar-refractivity contribution in [3.63, 3.8) is 0 Å². The van der Waals surface area contributed by atoms with Gasteiger partial charge in [-0.2, -0.15) is 0 Å². The standard InChI is InChI=1S/C25H38O4/c1-22(2)11-6-12-23(3)17(22)9-13-24(4)18(23)10-14-25(5,28)19(24)8-7-16-15-20(26)29-21(16)27/h7-8,15,17-19,21,27-28H,6,9-14H2,1-5H3. The summed E-state index contributed by atoms with van der Waals surface area (Å²) in [7, 11) is 0. The van der Waals surface area contributed by atoms with Gasteiger partial charge in [-0.25, -0.2) is 4.79 Å². The van der Waals surface area contributed by atoms with Crippen molar-refractivity contribution < 1.29 is 19.7 Å². The van der Waals surface area contributed by atoms with E-state index in [1.165, 1.54) is 31.8 Å². The number of fused-ring (bicyclic) bond motifs is 3. The van der Waals surface area contributed by atoms with Crippen LogP contribution in [0.3, 0.4) is 0 Å². The Morgan fingerprint density at radius 3 is 2.34 bits per heavy atom. The fourth-order valence-electron chi connectivity index (χ4n) is 8.20. The van der Waals surface area contributed by atoms with Crippen LogP contribution in [0.4, 0.5) is 0 Å². The minimum Gasteiger partial charge on any atom is -0.428 e. The molecule has 4 nitrogen and oxygen atoms in total. The van der Waals surface area contributed by atoms with E-state index >= 15 is 0 Å². The highest BCUT2D eigenvalue weighted by Crippen LogP contribution is 2.69. The molecule has 0 aromatic heterocycles. The fraction of sp³-hybridized carbons (Fsp3) is 0.800. The highest BCUT2D eigenvalue weighted by atomic mass is 16.6. The first-order valence-electron chi connectivity index (χ1n) is 11.4.